The summed E-state index contributed by atoms with van der Waals surface area (Å²) in [5, 5.41) is 3.98. The Kier molecular flexibility index (Phi) is 2.73. The molecule has 0 amide bonds. The number of fused-ring (bicyclic) bond motifs is 1. The molecule has 0 bridgehead atoms. The van der Waals surface area contributed by atoms with E-state index in [-0.39, 0.29) is 0 Å². The van der Waals surface area contributed by atoms with Crippen molar-refractivity contribution >= 4 is 16.7 Å². The van der Waals surface area contributed by atoms with E-state index in [1.165, 1.54) is 0 Å². The number of anilines is 1. The SMILES string of the molecule is CNCCOc1nc2[nH]ccc2cc1N. The molecule has 0 saturated carbocycles. The molecule has 0 saturated heterocycles. The number of ether oxygens (including phenoxy) is 1. The molecule has 2 aromatic rings. The first-order valence-corrected chi connectivity index (χ1v) is 4.82. The second-order valence-electron chi connectivity index (χ2n) is 3.25. The summed E-state index contributed by atoms with van der Waals surface area (Å²) in [6.45, 7) is 1.32. The predicted molar refractivity (Wildman–Crippen MR) is 59.9 cm³/mol. The molecule has 5 heteroatoms. The minimum atomic E-state index is 0.486. The Morgan fingerprint density at radius 2 is 2.47 bits per heavy atom. The summed E-state index contributed by atoms with van der Waals surface area (Å²) >= 11 is 0. The monoisotopic (exact) mass is 206 g/mol. The highest BCUT2D eigenvalue weighted by molar-refractivity contribution is 5.80. The molecule has 5 nitrogen and oxygen atoms in total. The minimum absolute atomic E-state index is 0.486. The summed E-state index contributed by atoms with van der Waals surface area (Å²) in [4.78, 5) is 7.29. The van der Waals surface area contributed by atoms with Gasteiger partial charge in [-0.25, -0.2) is 0 Å². The van der Waals surface area contributed by atoms with Crippen molar-refractivity contribution in [1.29, 1.82) is 0 Å². The molecule has 0 aliphatic carbocycles. The zero-order chi connectivity index (χ0) is 10.7. The lowest BCUT2D eigenvalue weighted by atomic mass is 10.3. The van der Waals surface area contributed by atoms with Gasteiger partial charge in [0.15, 0.2) is 0 Å². The maximum Gasteiger partial charge on any atom is 0.239 e. The van der Waals surface area contributed by atoms with E-state index in [0.29, 0.717) is 18.2 Å². The van der Waals surface area contributed by atoms with Gasteiger partial charge in [0, 0.05) is 18.1 Å². The Bertz CT molecular complexity index is 452. The van der Waals surface area contributed by atoms with Crippen LogP contribution in [0.15, 0.2) is 18.3 Å². The molecular formula is C10H14N4O. The van der Waals surface area contributed by atoms with Crippen LogP contribution in [0.3, 0.4) is 0 Å². The number of hydrogen-bond acceptors (Lipinski definition) is 4. The summed E-state index contributed by atoms with van der Waals surface area (Å²) in [5.41, 5.74) is 7.17. The smallest absolute Gasteiger partial charge is 0.239 e. The number of aromatic amines is 1. The highest BCUT2D eigenvalue weighted by Gasteiger charge is 2.05. The lowest BCUT2D eigenvalue weighted by Crippen LogP contribution is -2.16. The Morgan fingerprint density at radius 1 is 1.60 bits per heavy atom. The van der Waals surface area contributed by atoms with Crippen molar-refractivity contribution in [3.05, 3.63) is 18.3 Å². The van der Waals surface area contributed by atoms with E-state index < -0.39 is 0 Å². The maximum absolute atomic E-state index is 5.81. The van der Waals surface area contributed by atoms with Gasteiger partial charge >= 0.3 is 0 Å². The fourth-order valence-electron chi connectivity index (χ4n) is 1.35. The quantitative estimate of drug-likeness (QED) is 0.645. The van der Waals surface area contributed by atoms with E-state index >= 15 is 0 Å². The van der Waals surface area contributed by atoms with Gasteiger partial charge in [0.1, 0.15) is 12.3 Å². The van der Waals surface area contributed by atoms with Gasteiger partial charge in [-0.15, -0.1) is 0 Å². The summed E-state index contributed by atoms with van der Waals surface area (Å²) in [7, 11) is 1.87. The Morgan fingerprint density at radius 3 is 3.27 bits per heavy atom. The fraction of sp³-hybridized carbons (Fsp3) is 0.300. The average Bonchev–Trinajstić information content (AvgIpc) is 2.65. The highest BCUT2D eigenvalue weighted by atomic mass is 16.5. The molecule has 80 valence electrons. The zero-order valence-electron chi connectivity index (χ0n) is 8.58. The molecule has 2 heterocycles. The van der Waals surface area contributed by atoms with Crippen molar-refractivity contribution in [2.75, 3.05) is 25.9 Å². The molecule has 0 atom stereocenters. The first-order chi connectivity index (χ1) is 7.31. The van der Waals surface area contributed by atoms with Crippen LogP contribution in [0.1, 0.15) is 0 Å². The number of nitrogens with zero attached hydrogens (tertiary/aromatic N) is 1. The molecule has 0 aliphatic heterocycles. The van der Waals surface area contributed by atoms with Crippen LogP contribution in [0.5, 0.6) is 5.88 Å². The molecule has 0 fully saturated rings. The lowest BCUT2D eigenvalue weighted by molar-refractivity contribution is 0.309. The number of H-pyrrole nitrogens is 1. The second-order valence-corrected chi connectivity index (χ2v) is 3.25. The van der Waals surface area contributed by atoms with E-state index in [1.54, 1.807) is 0 Å². The van der Waals surface area contributed by atoms with Crippen molar-refractivity contribution < 1.29 is 4.74 Å². The average molecular weight is 206 g/mol. The van der Waals surface area contributed by atoms with Crippen LogP contribution in [-0.2, 0) is 0 Å². The van der Waals surface area contributed by atoms with E-state index in [4.69, 9.17) is 10.5 Å². The molecule has 0 unspecified atom stereocenters. The first kappa shape index (κ1) is 9.79. The molecule has 0 radical (unpaired) electrons. The maximum atomic E-state index is 5.81. The molecule has 2 aromatic heterocycles. The molecule has 0 spiro atoms. The van der Waals surface area contributed by atoms with Crippen LogP contribution in [0, 0.1) is 0 Å². The molecule has 15 heavy (non-hydrogen) atoms. The number of nitrogens with one attached hydrogen (secondary N) is 2. The fourth-order valence-corrected chi connectivity index (χ4v) is 1.35. The second kappa shape index (κ2) is 4.18. The number of nitrogens with two attached hydrogens (primary N) is 1. The van der Waals surface area contributed by atoms with Crippen LogP contribution >= 0.6 is 0 Å². The van der Waals surface area contributed by atoms with E-state index in [9.17, 15) is 0 Å². The molecule has 4 N–H and O–H groups in total. The number of aromatic nitrogens is 2. The van der Waals surface area contributed by atoms with E-state index in [2.05, 4.69) is 15.3 Å². The van der Waals surface area contributed by atoms with Crippen molar-refractivity contribution in [3.63, 3.8) is 0 Å². The Balaban J connectivity index is 2.22. The van der Waals surface area contributed by atoms with Gasteiger partial charge < -0.3 is 20.8 Å². The van der Waals surface area contributed by atoms with Crippen LogP contribution < -0.4 is 15.8 Å². The van der Waals surface area contributed by atoms with Gasteiger partial charge in [0.2, 0.25) is 5.88 Å². The molecule has 0 aliphatic rings. The highest BCUT2D eigenvalue weighted by Crippen LogP contribution is 2.23. The molecular weight excluding hydrogens is 192 g/mol. The minimum Gasteiger partial charge on any atom is -0.475 e. The number of pyridine rings is 1. The van der Waals surface area contributed by atoms with Crippen LogP contribution in [0.25, 0.3) is 11.0 Å². The normalized spacial score (nSPS) is 10.7. The van der Waals surface area contributed by atoms with Gasteiger partial charge in [-0.05, 0) is 19.2 Å². The largest absolute Gasteiger partial charge is 0.475 e. The molecule has 0 aromatic carbocycles. The summed E-state index contributed by atoms with van der Waals surface area (Å²) in [6, 6.07) is 3.78. The summed E-state index contributed by atoms with van der Waals surface area (Å²) in [5.74, 6) is 0.486. The third-order valence-corrected chi connectivity index (χ3v) is 2.12. The van der Waals surface area contributed by atoms with Crippen LogP contribution in [0.4, 0.5) is 5.69 Å². The zero-order valence-corrected chi connectivity index (χ0v) is 8.58. The van der Waals surface area contributed by atoms with Gasteiger partial charge in [-0.2, -0.15) is 4.98 Å². The van der Waals surface area contributed by atoms with Gasteiger partial charge in [-0.1, -0.05) is 0 Å². The Hall–Kier alpha value is -1.75. The van der Waals surface area contributed by atoms with Crippen LogP contribution in [0.2, 0.25) is 0 Å². The topological polar surface area (TPSA) is 76.0 Å². The molecule has 2 rings (SSSR count). The van der Waals surface area contributed by atoms with Gasteiger partial charge in [0.25, 0.3) is 0 Å². The van der Waals surface area contributed by atoms with Crippen molar-refractivity contribution in [2.24, 2.45) is 0 Å². The summed E-state index contributed by atoms with van der Waals surface area (Å²) < 4.78 is 5.44. The number of hydrogen-bond donors (Lipinski definition) is 3. The van der Waals surface area contributed by atoms with Crippen molar-refractivity contribution in [1.82, 2.24) is 15.3 Å². The first-order valence-electron chi connectivity index (χ1n) is 4.82. The standard InChI is InChI=1S/C10H14N4O/c1-12-4-5-15-10-8(11)6-7-2-3-13-9(7)14-10/h2-3,6,12H,4-5,11H2,1H3,(H,13,14). The van der Waals surface area contributed by atoms with Crippen molar-refractivity contribution in [3.8, 4) is 5.88 Å². The van der Waals surface area contributed by atoms with E-state index in [1.807, 2.05) is 25.4 Å². The summed E-state index contributed by atoms with van der Waals surface area (Å²) in [6.07, 6.45) is 1.83. The lowest BCUT2D eigenvalue weighted by Gasteiger charge is -2.07. The van der Waals surface area contributed by atoms with Gasteiger partial charge in [0.05, 0.1) is 5.69 Å². The number of nitrogen functional groups attached to an aromatic ring is 1. The number of rotatable bonds is 4. The predicted octanol–water partition coefficient (Wildman–Crippen LogP) is 0.743. The third-order valence-electron chi connectivity index (χ3n) is 2.12. The Labute approximate surface area is 87.6 Å². The van der Waals surface area contributed by atoms with Gasteiger partial charge in [-0.3, -0.25) is 0 Å². The van der Waals surface area contributed by atoms with Crippen LogP contribution in [-0.4, -0.2) is 30.2 Å². The van der Waals surface area contributed by atoms with Crippen molar-refractivity contribution in [2.45, 2.75) is 0 Å². The third kappa shape index (κ3) is 2.02. The number of likely N-dealkylation sites (N-methyl/N-ethyl adjacent to an activating group) is 1. The van der Waals surface area contributed by atoms with E-state index in [0.717, 1.165) is 17.6 Å².